The highest BCUT2D eigenvalue weighted by molar-refractivity contribution is 5.64. The van der Waals surface area contributed by atoms with Crippen molar-refractivity contribution in [2.24, 2.45) is 0 Å². The van der Waals surface area contributed by atoms with Crippen LogP contribution in [0.15, 0.2) is 53.1 Å². The molecule has 3 aromatic rings. The Bertz CT molecular complexity index is 946. The van der Waals surface area contributed by atoms with E-state index in [0.717, 1.165) is 5.56 Å². The molecule has 0 saturated carbocycles. The van der Waals surface area contributed by atoms with Gasteiger partial charge in [0, 0.05) is 11.6 Å². The van der Waals surface area contributed by atoms with E-state index in [4.69, 9.17) is 9.78 Å². The molecule has 3 rings (SSSR count). The van der Waals surface area contributed by atoms with Crippen molar-refractivity contribution in [3.63, 3.8) is 0 Å². The monoisotopic (exact) mass is 335 g/mol. The van der Waals surface area contributed by atoms with Gasteiger partial charge in [0.2, 0.25) is 0 Å². The number of nitro benzene ring substituents is 1. The van der Waals surface area contributed by atoms with Gasteiger partial charge in [-0.2, -0.15) is 10.2 Å². The fourth-order valence-electron chi connectivity index (χ4n) is 2.28. The van der Waals surface area contributed by atoms with Crippen molar-refractivity contribution in [1.29, 1.82) is 5.26 Å². The molecule has 25 heavy (non-hydrogen) atoms. The fraction of sp³-hybridized carbons (Fsp3) is 0.118. The van der Waals surface area contributed by atoms with Crippen LogP contribution in [0.5, 0.6) is 0 Å². The maximum Gasteiger partial charge on any atom is 0.293 e. The van der Waals surface area contributed by atoms with E-state index in [9.17, 15) is 10.1 Å². The lowest BCUT2D eigenvalue weighted by atomic mass is 10.1. The number of benzene rings is 2. The molecule has 1 atom stereocenters. The van der Waals surface area contributed by atoms with Crippen molar-refractivity contribution in [2.45, 2.75) is 13.0 Å². The summed E-state index contributed by atoms with van der Waals surface area (Å²) in [4.78, 5) is 15.0. The van der Waals surface area contributed by atoms with E-state index in [1.807, 2.05) is 36.4 Å². The third-order valence-corrected chi connectivity index (χ3v) is 3.55. The molecule has 1 unspecified atom stereocenters. The Kier molecular flexibility index (Phi) is 4.39. The number of aromatic nitrogens is 2. The zero-order valence-corrected chi connectivity index (χ0v) is 13.2. The molecule has 8 heteroatoms. The maximum absolute atomic E-state index is 11.2. The highest BCUT2D eigenvalue weighted by Gasteiger charge is 2.20. The lowest BCUT2D eigenvalue weighted by Gasteiger charge is -2.11. The summed E-state index contributed by atoms with van der Waals surface area (Å²) in [6.07, 6.45) is 0. The Morgan fingerprint density at radius 2 is 2.04 bits per heavy atom. The number of nitro groups is 1. The Morgan fingerprint density at radius 3 is 2.72 bits per heavy atom. The van der Waals surface area contributed by atoms with Crippen molar-refractivity contribution >= 4 is 11.4 Å². The zero-order chi connectivity index (χ0) is 17.8. The first-order chi connectivity index (χ1) is 12.1. The first kappa shape index (κ1) is 16.1. The van der Waals surface area contributed by atoms with Crippen LogP contribution < -0.4 is 5.32 Å². The maximum atomic E-state index is 11.2. The second-order valence-corrected chi connectivity index (χ2v) is 5.29. The van der Waals surface area contributed by atoms with E-state index in [1.54, 1.807) is 6.92 Å². The fourth-order valence-corrected chi connectivity index (χ4v) is 2.28. The molecule has 0 fully saturated rings. The van der Waals surface area contributed by atoms with Crippen LogP contribution in [0.2, 0.25) is 0 Å². The Morgan fingerprint density at radius 1 is 1.28 bits per heavy atom. The van der Waals surface area contributed by atoms with Gasteiger partial charge in [0.05, 0.1) is 22.6 Å². The molecule has 2 aromatic carbocycles. The van der Waals surface area contributed by atoms with Gasteiger partial charge in [-0.3, -0.25) is 10.1 Å². The normalized spacial score (nSPS) is 11.5. The molecular weight excluding hydrogens is 322 g/mol. The average Bonchev–Trinajstić information content (AvgIpc) is 3.13. The second-order valence-electron chi connectivity index (χ2n) is 5.29. The molecule has 0 saturated heterocycles. The van der Waals surface area contributed by atoms with Gasteiger partial charge in [0.1, 0.15) is 5.69 Å². The van der Waals surface area contributed by atoms with Gasteiger partial charge < -0.3 is 9.84 Å². The summed E-state index contributed by atoms with van der Waals surface area (Å²) in [6, 6.07) is 15.0. The topological polar surface area (TPSA) is 118 Å². The molecular formula is C17H13N5O3. The molecule has 0 radical (unpaired) electrons. The Labute approximate surface area is 142 Å². The molecule has 1 aromatic heterocycles. The summed E-state index contributed by atoms with van der Waals surface area (Å²) in [6.45, 7) is 1.77. The molecule has 0 amide bonds. The zero-order valence-electron chi connectivity index (χ0n) is 13.2. The van der Waals surface area contributed by atoms with E-state index < -0.39 is 11.0 Å². The summed E-state index contributed by atoms with van der Waals surface area (Å²) in [7, 11) is 0. The number of hydrogen-bond acceptors (Lipinski definition) is 7. The lowest BCUT2D eigenvalue weighted by Crippen LogP contribution is -2.10. The van der Waals surface area contributed by atoms with E-state index in [0.29, 0.717) is 11.7 Å². The number of nitrogens with one attached hydrogen (secondary N) is 1. The van der Waals surface area contributed by atoms with Gasteiger partial charge >= 0.3 is 0 Å². The molecule has 0 bridgehead atoms. The van der Waals surface area contributed by atoms with Crippen molar-refractivity contribution in [3.8, 4) is 17.5 Å². The molecule has 0 aliphatic rings. The van der Waals surface area contributed by atoms with E-state index in [2.05, 4.69) is 15.5 Å². The highest BCUT2D eigenvalue weighted by Crippen LogP contribution is 2.29. The van der Waals surface area contributed by atoms with Crippen molar-refractivity contribution in [2.75, 3.05) is 5.32 Å². The number of nitrogens with zero attached hydrogens (tertiary/aromatic N) is 4. The quantitative estimate of drug-likeness (QED) is 0.558. The van der Waals surface area contributed by atoms with Gasteiger partial charge in [0.15, 0.2) is 5.82 Å². The minimum Gasteiger partial charge on any atom is -0.370 e. The SMILES string of the molecule is CC(Nc1ccc(C#N)cc1[N+](=O)[O-])c1noc(-c2ccccc2)n1. The summed E-state index contributed by atoms with van der Waals surface area (Å²) in [5.74, 6) is 0.746. The first-order valence-corrected chi connectivity index (χ1v) is 7.42. The van der Waals surface area contributed by atoms with E-state index in [1.165, 1.54) is 18.2 Å². The predicted molar refractivity (Wildman–Crippen MR) is 89.6 cm³/mol. The summed E-state index contributed by atoms with van der Waals surface area (Å²) in [5.41, 5.74) is 1.11. The van der Waals surface area contributed by atoms with Crippen molar-refractivity contribution in [1.82, 2.24) is 10.1 Å². The van der Waals surface area contributed by atoms with Gasteiger partial charge in [0.25, 0.3) is 11.6 Å². The molecule has 1 heterocycles. The third kappa shape index (κ3) is 3.45. The summed E-state index contributed by atoms with van der Waals surface area (Å²) >= 11 is 0. The smallest absolute Gasteiger partial charge is 0.293 e. The largest absolute Gasteiger partial charge is 0.370 e. The van der Waals surface area contributed by atoms with Crippen LogP contribution in [0.1, 0.15) is 24.4 Å². The molecule has 8 nitrogen and oxygen atoms in total. The van der Waals surface area contributed by atoms with Crippen LogP contribution in [0, 0.1) is 21.4 Å². The molecule has 1 N–H and O–H groups in total. The predicted octanol–water partition coefficient (Wildman–Crippen LogP) is 3.69. The number of anilines is 1. The van der Waals surface area contributed by atoms with Crippen LogP contribution in [-0.4, -0.2) is 15.1 Å². The lowest BCUT2D eigenvalue weighted by molar-refractivity contribution is -0.384. The van der Waals surface area contributed by atoms with Gasteiger partial charge in [-0.25, -0.2) is 0 Å². The summed E-state index contributed by atoms with van der Waals surface area (Å²) < 4.78 is 5.25. The minimum absolute atomic E-state index is 0.183. The molecule has 0 spiro atoms. The number of nitriles is 1. The van der Waals surface area contributed by atoms with Crippen molar-refractivity contribution in [3.05, 3.63) is 70.0 Å². The number of hydrogen-bond donors (Lipinski definition) is 1. The van der Waals surface area contributed by atoms with Gasteiger partial charge in [-0.15, -0.1) is 0 Å². The van der Waals surface area contributed by atoms with Crippen LogP contribution in [-0.2, 0) is 0 Å². The molecule has 124 valence electrons. The Balaban J connectivity index is 1.84. The minimum atomic E-state index is -0.540. The molecule has 0 aliphatic heterocycles. The highest BCUT2D eigenvalue weighted by atomic mass is 16.6. The van der Waals surface area contributed by atoms with Gasteiger partial charge in [-0.05, 0) is 31.2 Å². The second kappa shape index (κ2) is 6.80. The van der Waals surface area contributed by atoms with E-state index >= 15 is 0 Å². The van der Waals surface area contributed by atoms with Crippen molar-refractivity contribution < 1.29 is 9.45 Å². The number of rotatable bonds is 5. The third-order valence-electron chi connectivity index (χ3n) is 3.55. The summed E-state index contributed by atoms with van der Waals surface area (Å²) in [5, 5.41) is 27.0. The standard InChI is InChI=1S/C17H13N5O3/c1-11(16-20-17(25-21-16)13-5-3-2-4-6-13)19-14-8-7-12(10-18)9-15(14)22(23)24/h2-9,11,19H,1H3. The Hall–Kier alpha value is -3.73. The van der Waals surface area contributed by atoms with Crippen LogP contribution in [0.4, 0.5) is 11.4 Å². The van der Waals surface area contributed by atoms with Crippen LogP contribution in [0.3, 0.4) is 0 Å². The average molecular weight is 335 g/mol. The molecule has 0 aliphatic carbocycles. The van der Waals surface area contributed by atoms with E-state index in [-0.39, 0.29) is 16.9 Å². The first-order valence-electron chi connectivity index (χ1n) is 7.42. The van der Waals surface area contributed by atoms with Crippen LogP contribution >= 0.6 is 0 Å². The van der Waals surface area contributed by atoms with Crippen LogP contribution in [0.25, 0.3) is 11.5 Å². The van der Waals surface area contributed by atoms with Gasteiger partial charge in [-0.1, -0.05) is 23.4 Å².